The van der Waals surface area contributed by atoms with E-state index >= 15 is 0 Å². The zero-order valence-corrected chi connectivity index (χ0v) is 12.7. The number of hydrogen-bond donors (Lipinski definition) is 0. The third kappa shape index (κ3) is 12.1. The number of rotatable bonds is 6. The average Bonchev–Trinajstić information content (AvgIpc) is 1.96. The van der Waals surface area contributed by atoms with Gasteiger partial charge in [-0.15, -0.1) is 0 Å². The van der Waals surface area contributed by atoms with Gasteiger partial charge >= 0.3 is 10.4 Å². The highest BCUT2D eigenvalue weighted by molar-refractivity contribution is 7.81. The molecule has 0 aromatic heterocycles. The SMILES string of the molecule is CC(C)(C)CCOS(=O)(=O)OCCC(C)(C)C. The van der Waals surface area contributed by atoms with Crippen molar-refractivity contribution in [3.63, 3.8) is 0 Å². The Kier molecular flexibility index (Phi) is 6.11. The summed E-state index contributed by atoms with van der Waals surface area (Å²) in [6.07, 6.45) is 1.35. The van der Waals surface area contributed by atoms with Crippen molar-refractivity contribution in [2.75, 3.05) is 13.2 Å². The Balaban J connectivity index is 3.90. The maximum absolute atomic E-state index is 11.4. The van der Waals surface area contributed by atoms with Crippen molar-refractivity contribution in [1.82, 2.24) is 0 Å². The average molecular weight is 266 g/mol. The van der Waals surface area contributed by atoms with E-state index in [1.807, 2.05) is 41.5 Å². The lowest BCUT2D eigenvalue weighted by atomic mass is 9.93. The second-order valence-electron chi connectivity index (χ2n) is 6.67. The van der Waals surface area contributed by atoms with Crippen LogP contribution < -0.4 is 0 Å². The van der Waals surface area contributed by atoms with Gasteiger partial charge in [0.25, 0.3) is 0 Å². The second kappa shape index (κ2) is 6.16. The molecule has 0 aromatic carbocycles. The first-order valence-electron chi connectivity index (χ1n) is 5.95. The molecule has 4 nitrogen and oxygen atoms in total. The summed E-state index contributed by atoms with van der Waals surface area (Å²) < 4.78 is 32.3. The van der Waals surface area contributed by atoms with Crippen molar-refractivity contribution in [3.05, 3.63) is 0 Å². The molecule has 0 unspecified atom stereocenters. The van der Waals surface area contributed by atoms with Gasteiger partial charge in [-0.05, 0) is 23.7 Å². The predicted molar refractivity (Wildman–Crippen MR) is 69.0 cm³/mol. The molecule has 0 atom stereocenters. The van der Waals surface area contributed by atoms with Gasteiger partial charge in [0.05, 0.1) is 13.2 Å². The molecule has 0 aliphatic carbocycles. The summed E-state index contributed by atoms with van der Waals surface area (Å²) in [6, 6.07) is 0. The lowest BCUT2D eigenvalue weighted by molar-refractivity contribution is 0.175. The minimum Gasteiger partial charge on any atom is -0.248 e. The standard InChI is InChI=1S/C12H26O4S/c1-11(2,3)7-9-15-17(13,14)16-10-8-12(4,5)6/h7-10H2,1-6H3. The summed E-state index contributed by atoms with van der Waals surface area (Å²) in [5.74, 6) is 0. The van der Waals surface area contributed by atoms with Gasteiger partial charge in [-0.1, -0.05) is 41.5 Å². The minimum atomic E-state index is -3.83. The summed E-state index contributed by atoms with van der Waals surface area (Å²) in [5.41, 5.74) is 0.113. The van der Waals surface area contributed by atoms with Crippen molar-refractivity contribution in [2.45, 2.75) is 54.4 Å². The van der Waals surface area contributed by atoms with Gasteiger partial charge in [0.2, 0.25) is 0 Å². The van der Waals surface area contributed by atoms with E-state index in [1.54, 1.807) is 0 Å². The Morgan fingerprint density at radius 1 is 0.765 bits per heavy atom. The minimum absolute atomic E-state index is 0.0565. The van der Waals surface area contributed by atoms with Crippen molar-refractivity contribution < 1.29 is 16.8 Å². The van der Waals surface area contributed by atoms with E-state index in [1.165, 1.54) is 0 Å². The largest absolute Gasteiger partial charge is 0.399 e. The molecule has 0 fully saturated rings. The van der Waals surface area contributed by atoms with Crippen LogP contribution in [0.5, 0.6) is 0 Å². The monoisotopic (exact) mass is 266 g/mol. The van der Waals surface area contributed by atoms with E-state index in [-0.39, 0.29) is 24.0 Å². The van der Waals surface area contributed by atoms with Crippen LogP contribution in [0, 0.1) is 10.8 Å². The quantitative estimate of drug-likeness (QED) is 0.741. The van der Waals surface area contributed by atoms with E-state index in [0.29, 0.717) is 12.8 Å². The van der Waals surface area contributed by atoms with Crippen molar-refractivity contribution >= 4 is 10.4 Å². The van der Waals surface area contributed by atoms with Crippen LogP contribution in [0.3, 0.4) is 0 Å². The summed E-state index contributed by atoms with van der Waals surface area (Å²) in [4.78, 5) is 0. The Hall–Kier alpha value is -0.130. The Labute approximate surface area is 106 Å². The van der Waals surface area contributed by atoms with Gasteiger partial charge in [-0.25, -0.2) is 8.37 Å². The number of hydrogen-bond acceptors (Lipinski definition) is 4. The van der Waals surface area contributed by atoms with Gasteiger partial charge < -0.3 is 0 Å². The highest BCUT2D eigenvalue weighted by atomic mass is 32.3. The second-order valence-corrected chi connectivity index (χ2v) is 7.96. The first-order chi connectivity index (χ1) is 7.41. The molecule has 0 spiro atoms. The lowest BCUT2D eigenvalue weighted by Crippen LogP contribution is -2.18. The van der Waals surface area contributed by atoms with Gasteiger partial charge in [-0.2, -0.15) is 8.42 Å². The van der Waals surface area contributed by atoms with Gasteiger partial charge in [0.1, 0.15) is 0 Å². The first-order valence-corrected chi connectivity index (χ1v) is 7.28. The summed E-state index contributed by atoms with van der Waals surface area (Å²) >= 11 is 0. The third-order valence-electron chi connectivity index (χ3n) is 2.16. The van der Waals surface area contributed by atoms with Crippen molar-refractivity contribution in [3.8, 4) is 0 Å². The molecule has 5 heteroatoms. The molecule has 0 bridgehead atoms. The third-order valence-corrected chi connectivity index (χ3v) is 3.07. The molecule has 0 rings (SSSR count). The molecular weight excluding hydrogens is 240 g/mol. The maximum atomic E-state index is 11.4. The van der Waals surface area contributed by atoms with E-state index in [4.69, 9.17) is 8.37 Å². The molecule has 0 saturated heterocycles. The van der Waals surface area contributed by atoms with Crippen LogP contribution in [0.2, 0.25) is 0 Å². The van der Waals surface area contributed by atoms with Crippen LogP contribution in [0.4, 0.5) is 0 Å². The zero-order chi connectivity index (χ0) is 13.7. The van der Waals surface area contributed by atoms with Crippen LogP contribution in [-0.2, 0) is 18.8 Å². The zero-order valence-electron chi connectivity index (χ0n) is 11.9. The summed E-state index contributed by atoms with van der Waals surface area (Å²) in [7, 11) is -3.83. The van der Waals surface area contributed by atoms with E-state index < -0.39 is 10.4 Å². The maximum Gasteiger partial charge on any atom is 0.399 e. The molecule has 0 aliphatic heterocycles. The van der Waals surface area contributed by atoms with Crippen LogP contribution in [-0.4, -0.2) is 21.6 Å². The molecule has 0 amide bonds. The molecule has 0 heterocycles. The van der Waals surface area contributed by atoms with Gasteiger partial charge in [0.15, 0.2) is 0 Å². The molecule has 0 N–H and O–H groups in total. The summed E-state index contributed by atoms with van der Waals surface area (Å²) in [5, 5.41) is 0. The van der Waals surface area contributed by atoms with Crippen LogP contribution >= 0.6 is 0 Å². The molecule has 0 radical (unpaired) electrons. The fourth-order valence-corrected chi connectivity index (χ4v) is 1.58. The summed E-state index contributed by atoms with van der Waals surface area (Å²) in [6.45, 7) is 12.5. The topological polar surface area (TPSA) is 52.6 Å². The Bertz CT molecular complexity index is 280. The molecule has 0 aromatic rings. The van der Waals surface area contributed by atoms with Gasteiger partial charge in [-0.3, -0.25) is 0 Å². The van der Waals surface area contributed by atoms with Crippen molar-refractivity contribution in [1.29, 1.82) is 0 Å². The molecule has 0 saturated carbocycles. The molecule has 0 aliphatic rings. The van der Waals surface area contributed by atoms with E-state index in [2.05, 4.69) is 0 Å². The smallest absolute Gasteiger partial charge is 0.248 e. The predicted octanol–water partition coefficient (Wildman–Crippen LogP) is 3.14. The van der Waals surface area contributed by atoms with Crippen molar-refractivity contribution in [2.24, 2.45) is 10.8 Å². The fraction of sp³-hybridized carbons (Fsp3) is 1.00. The van der Waals surface area contributed by atoms with Crippen LogP contribution in [0.25, 0.3) is 0 Å². The van der Waals surface area contributed by atoms with E-state index in [9.17, 15) is 8.42 Å². The van der Waals surface area contributed by atoms with Gasteiger partial charge in [0, 0.05) is 0 Å². The highest BCUT2D eigenvalue weighted by Gasteiger charge is 2.17. The van der Waals surface area contributed by atoms with Crippen LogP contribution in [0.1, 0.15) is 54.4 Å². The lowest BCUT2D eigenvalue weighted by Gasteiger charge is -2.18. The first kappa shape index (κ1) is 16.9. The van der Waals surface area contributed by atoms with E-state index in [0.717, 1.165) is 0 Å². The Morgan fingerprint density at radius 3 is 1.29 bits per heavy atom. The molecule has 17 heavy (non-hydrogen) atoms. The fourth-order valence-electron chi connectivity index (χ4n) is 0.934. The molecular formula is C12H26O4S. The normalized spacial score (nSPS) is 14.0. The Morgan fingerprint density at radius 2 is 1.06 bits per heavy atom. The van der Waals surface area contributed by atoms with Crippen LogP contribution in [0.15, 0.2) is 0 Å². The highest BCUT2D eigenvalue weighted by Crippen LogP contribution is 2.20. The molecule has 104 valence electrons.